The molecular weight excluding hydrogens is 456 g/mol. The molecule has 5 nitrogen and oxygen atoms in total. The van der Waals surface area contributed by atoms with E-state index in [1.54, 1.807) is 0 Å². The van der Waals surface area contributed by atoms with Crippen molar-refractivity contribution in [3.05, 3.63) is 84.8 Å². The van der Waals surface area contributed by atoms with Gasteiger partial charge in [0.25, 0.3) is 0 Å². The number of hydrogen-bond acceptors (Lipinski definition) is 4. The highest BCUT2D eigenvalue weighted by molar-refractivity contribution is 6.01. The molecule has 0 spiro atoms. The van der Waals surface area contributed by atoms with Gasteiger partial charge in [0, 0.05) is 30.1 Å². The smallest absolute Gasteiger partial charge is 0.162 e. The zero-order chi connectivity index (χ0) is 24.8. The maximum atomic E-state index is 6.50. The SMILES string of the molecule is Cc1ccc(-c2cnn3cc(-c4ccc(OC5(CN6CCCCC6)CC5)cc4)cnc23)c2ccccc12. The minimum Gasteiger partial charge on any atom is -0.486 e. The molecule has 3 heterocycles. The van der Waals surface area contributed by atoms with Crippen molar-refractivity contribution in [3.8, 4) is 28.0 Å². The molecule has 186 valence electrons. The fourth-order valence-electron chi connectivity index (χ4n) is 5.82. The van der Waals surface area contributed by atoms with E-state index in [9.17, 15) is 0 Å². The van der Waals surface area contributed by atoms with Gasteiger partial charge >= 0.3 is 0 Å². The first-order chi connectivity index (χ1) is 18.2. The van der Waals surface area contributed by atoms with Gasteiger partial charge in [0.2, 0.25) is 0 Å². The Bertz CT molecular complexity index is 1580. The van der Waals surface area contributed by atoms with Crippen LogP contribution in [-0.4, -0.2) is 44.7 Å². The van der Waals surface area contributed by atoms with Crippen molar-refractivity contribution in [1.29, 1.82) is 0 Å². The fraction of sp³-hybridized carbons (Fsp3) is 0.312. The molecule has 2 aromatic heterocycles. The molecule has 1 saturated heterocycles. The van der Waals surface area contributed by atoms with E-state index in [2.05, 4.69) is 83.8 Å². The lowest BCUT2D eigenvalue weighted by Crippen LogP contribution is -2.40. The van der Waals surface area contributed by atoms with Crippen molar-refractivity contribution < 1.29 is 4.74 Å². The highest BCUT2D eigenvalue weighted by Gasteiger charge is 2.46. The van der Waals surface area contributed by atoms with Crippen LogP contribution in [0.1, 0.15) is 37.7 Å². The van der Waals surface area contributed by atoms with Crippen LogP contribution in [-0.2, 0) is 0 Å². The molecule has 2 aliphatic rings. The fourth-order valence-corrected chi connectivity index (χ4v) is 5.82. The molecule has 3 aromatic carbocycles. The van der Waals surface area contributed by atoms with E-state index in [4.69, 9.17) is 9.72 Å². The summed E-state index contributed by atoms with van der Waals surface area (Å²) in [6.45, 7) is 5.65. The molecule has 0 unspecified atom stereocenters. The predicted octanol–water partition coefficient (Wildman–Crippen LogP) is 6.92. The van der Waals surface area contributed by atoms with E-state index >= 15 is 0 Å². The molecule has 0 amide bonds. The van der Waals surface area contributed by atoms with E-state index in [0.717, 1.165) is 53.0 Å². The molecule has 0 atom stereocenters. The van der Waals surface area contributed by atoms with Gasteiger partial charge in [0.1, 0.15) is 11.4 Å². The predicted molar refractivity (Wildman–Crippen MR) is 149 cm³/mol. The van der Waals surface area contributed by atoms with Gasteiger partial charge in [0.15, 0.2) is 5.65 Å². The Kier molecular flexibility index (Phi) is 5.47. The summed E-state index contributed by atoms with van der Waals surface area (Å²) in [6, 6.07) is 21.4. The average molecular weight is 489 g/mol. The van der Waals surface area contributed by atoms with E-state index < -0.39 is 0 Å². The summed E-state index contributed by atoms with van der Waals surface area (Å²) in [7, 11) is 0. The van der Waals surface area contributed by atoms with Crippen LogP contribution in [0.15, 0.2) is 79.3 Å². The zero-order valence-corrected chi connectivity index (χ0v) is 21.4. The Hall–Kier alpha value is -3.70. The summed E-state index contributed by atoms with van der Waals surface area (Å²) in [5.74, 6) is 0.958. The van der Waals surface area contributed by atoms with Crippen LogP contribution in [0.2, 0.25) is 0 Å². The van der Waals surface area contributed by atoms with E-state index in [-0.39, 0.29) is 5.60 Å². The third kappa shape index (κ3) is 4.27. The molecule has 1 saturated carbocycles. The summed E-state index contributed by atoms with van der Waals surface area (Å²) < 4.78 is 8.39. The molecule has 0 bridgehead atoms. The van der Waals surface area contributed by atoms with Crippen molar-refractivity contribution in [2.45, 2.75) is 44.6 Å². The number of benzene rings is 3. The molecule has 37 heavy (non-hydrogen) atoms. The number of hydrogen-bond donors (Lipinski definition) is 0. The minimum absolute atomic E-state index is 0.0188. The molecule has 5 heteroatoms. The molecule has 2 fully saturated rings. The van der Waals surface area contributed by atoms with E-state index in [0.29, 0.717) is 0 Å². The molecule has 5 aromatic rings. The summed E-state index contributed by atoms with van der Waals surface area (Å²) in [6.07, 6.45) is 12.3. The summed E-state index contributed by atoms with van der Waals surface area (Å²) in [4.78, 5) is 7.43. The molecular formula is C32H32N4O. The average Bonchev–Trinajstić information content (AvgIpc) is 3.56. The van der Waals surface area contributed by atoms with Crippen LogP contribution in [0.25, 0.3) is 38.7 Å². The Morgan fingerprint density at radius 3 is 2.38 bits per heavy atom. The van der Waals surface area contributed by atoms with E-state index in [1.807, 2.05) is 16.9 Å². The number of rotatable bonds is 6. The monoisotopic (exact) mass is 488 g/mol. The second-order valence-corrected chi connectivity index (χ2v) is 10.8. The highest BCUT2D eigenvalue weighted by atomic mass is 16.5. The van der Waals surface area contributed by atoms with Crippen molar-refractivity contribution in [2.75, 3.05) is 19.6 Å². The van der Waals surface area contributed by atoms with Gasteiger partial charge in [-0.3, -0.25) is 4.90 Å². The molecule has 0 radical (unpaired) electrons. The van der Waals surface area contributed by atoms with Crippen LogP contribution in [0.4, 0.5) is 0 Å². The van der Waals surface area contributed by atoms with Crippen molar-refractivity contribution in [2.24, 2.45) is 0 Å². The first-order valence-electron chi connectivity index (χ1n) is 13.5. The van der Waals surface area contributed by atoms with Crippen LogP contribution in [0.3, 0.4) is 0 Å². The topological polar surface area (TPSA) is 42.7 Å². The molecule has 7 rings (SSSR count). The number of fused-ring (bicyclic) bond motifs is 2. The summed E-state index contributed by atoms with van der Waals surface area (Å²) >= 11 is 0. The van der Waals surface area contributed by atoms with Crippen LogP contribution in [0, 0.1) is 6.92 Å². The molecule has 0 N–H and O–H groups in total. The third-order valence-corrected chi connectivity index (χ3v) is 8.08. The van der Waals surface area contributed by atoms with Gasteiger partial charge in [-0.25, -0.2) is 9.50 Å². The van der Waals surface area contributed by atoms with Crippen LogP contribution >= 0.6 is 0 Å². The summed E-state index contributed by atoms with van der Waals surface area (Å²) in [5.41, 5.74) is 6.53. The quantitative estimate of drug-likeness (QED) is 0.260. The third-order valence-electron chi connectivity index (χ3n) is 8.08. The van der Waals surface area contributed by atoms with Gasteiger partial charge in [-0.2, -0.15) is 5.10 Å². The number of aryl methyl sites for hydroxylation is 1. The van der Waals surface area contributed by atoms with Crippen molar-refractivity contribution >= 4 is 16.4 Å². The number of likely N-dealkylation sites (tertiary alicyclic amines) is 1. The van der Waals surface area contributed by atoms with Crippen LogP contribution in [0.5, 0.6) is 5.75 Å². The lowest BCUT2D eigenvalue weighted by atomic mass is 9.97. The van der Waals surface area contributed by atoms with Gasteiger partial charge in [-0.05, 0) is 85.3 Å². The van der Waals surface area contributed by atoms with Crippen LogP contribution < -0.4 is 4.74 Å². The Labute approximate surface area is 217 Å². The minimum atomic E-state index is 0.0188. The van der Waals surface area contributed by atoms with Gasteiger partial charge in [0.05, 0.1) is 6.20 Å². The number of nitrogens with zero attached hydrogens (tertiary/aromatic N) is 4. The summed E-state index contributed by atoms with van der Waals surface area (Å²) in [5, 5.41) is 7.16. The van der Waals surface area contributed by atoms with Gasteiger partial charge < -0.3 is 4.74 Å². The highest BCUT2D eigenvalue weighted by Crippen LogP contribution is 2.42. The van der Waals surface area contributed by atoms with Gasteiger partial charge in [-0.1, -0.05) is 55.0 Å². The number of aromatic nitrogens is 3. The molecule has 1 aliphatic heterocycles. The van der Waals surface area contributed by atoms with Gasteiger partial charge in [-0.15, -0.1) is 0 Å². The lowest BCUT2D eigenvalue weighted by molar-refractivity contribution is 0.101. The van der Waals surface area contributed by atoms with E-state index in [1.165, 1.54) is 48.7 Å². The first-order valence-corrected chi connectivity index (χ1v) is 13.5. The van der Waals surface area contributed by atoms with Crippen molar-refractivity contribution in [3.63, 3.8) is 0 Å². The maximum Gasteiger partial charge on any atom is 0.162 e. The Balaban J connectivity index is 1.13. The zero-order valence-electron chi connectivity index (χ0n) is 21.4. The Morgan fingerprint density at radius 1 is 0.811 bits per heavy atom. The second-order valence-electron chi connectivity index (χ2n) is 10.8. The second kappa shape index (κ2) is 9.00. The largest absolute Gasteiger partial charge is 0.486 e. The Morgan fingerprint density at radius 2 is 1.59 bits per heavy atom. The number of ether oxygens (including phenoxy) is 1. The lowest BCUT2D eigenvalue weighted by Gasteiger charge is -2.30. The standard InChI is InChI=1S/C32H32N4O/c1-23-9-14-29(28-8-4-3-7-27(23)28)30-20-34-36-21-25(19-33-31(30)36)24-10-12-26(13-11-24)37-32(15-16-32)22-35-17-5-2-6-18-35/h3-4,7-14,19-21H,2,5-6,15-18,22H2,1H3. The molecule has 1 aliphatic carbocycles. The van der Waals surface area contributed by atoms with Crippen molar-refractivity contribution in [1.82, 2.24) is 19.5 Å². The number of piperidine rings is 1. The first kappa shape index (κ1) is 22.5. The normalized spacial score (nSPS) is 17.3. The maximum absolute atomic E-state index is 6.50.